The molecule has 41 heavy (non-hydrogen) atoms. The summed E-state index contributed by atoms with van der Waals surface area (Å²) in [7, 11) is -4.13. The van der Waals surface area contributed by atoms with Crippen LogP contribution in [0.25, 0.3) is 0 Å². The van der Waals surface area contributed by atoms with Gasteiger partial charge in [-0.05, 0) is 41.8 Å². The maximum Gasteiger partial charge on any atom is 0.244 e. The Hall–Kier alpha value is -3.21. The van der Waals surface area contributed by atoms with Gasteiger partial charge in [-0.25, -0.2) is 17.2 Å². The molecule has 0 radical (unpaired) electrons. The van der Waals surface area contributed by atoms with Gasteiger partial charge in [0.05, 0.1) is 11.9 Å². The van der Waals surface area contributed by atoms with Gasteiger partial charge in [0.1, 0.15) is 12.6 Å². The van der Waals surface area contributed by atoms with E-state index >= 15 is 0 Å². The number of anilines is 1. The van der Waals surface area contributed by atoms with E-state index in [0.717, 1.165) is 36.8 Å². The van der Waals surface area contributed by atoms with Crippen molar-refractivity contribution in [2.45, 2.75) is 38.8 Å². The molecule has 0 aliphatic heterocycles. The van der Waals surface area contributed by atoms with Crippen LogP contribution in [-0.4, -0.2) is 50.5 Å². The maximum atomic E-state index is 14.0. The summed E-state index contributed by atoms with van der Waals surface area (Å²) in [6.07, 6.45) is 2.53. The van der Waals surface area contributed by atoms with Gasteiger partial charge in [0.2, 0.25) is 21.8 Å². The average molecular weight is 627 g/mol. The Bertz CT molecular complexity index is 1480. The third-order valence-electron chi connectivity index (χ3n) is 6.33. The molecule has 220 valence electrons. The monoisotopic (exact) mass is 625 g/mol. The lowest BCUT2D eigenvalue weighted by molar-refractivity contribution is -0.140. The number of amides is 2. The lowest BCUT2D eigenvalue weighted by atomic mass is 10.0. The Labute approximate surface area is 249 Å². The highest BCUT2D eigenvalue weighted by Gasteiger charge is 2.33. The van der Waals surface area contributed by atoms with Crippen molar-refractivity contribution in [3.8, 4) is 0 Å². The molecule has 2 amide bonds. The highest BCUT2D eigenvalue weighted by molar-refractivity contribution is 7.92. The van der Waals surface area contributed by atoms with Crippen LogP contribution in [0, 0.1) is 11.6 Å². The number of hydrogen-bond acceptors (Lipinski definition) is 4. The standard InChI is InChI=1S/C29H31Cl2F2N3O4S/c1-3-4-14-34-29(38)27(15-20-8-6-5-7-9-20)35(18-21-10-11-22(30)16-24(21)31)28(37)19-36(41(2,39)40)23-12-13-25(32)26(33)17-23/h5-13,16-17,27H,3-4,14-15,18-19H2,1-2H3,(H,34,38). The van der Waals surface area contributed by atoms with E-state index in [2.05, 4.69) is 5.32 Å². The molecule has 0 aliphatic rings. The van der Waals surface area contributed by atoms with E-state index < -0.39 is 46.1 Å². The minimum absolute atomic E-state index is 0.125. The fourth-order valence-electron chi connectivity index (χ4n) is 4.15. The van der Waals surface area contributed by atoms with Gasteiger partial charge in [-0.1, -0.05) is 72.9 Å². The van der Waals surface area contributed by atoms with E-state index in [-0.39, 0.29) is 23.7 Å². The minimum Gasteiger partial charge on any atom is -0.354 e. The van der Waals surface area contributed by atoms with Crippen molar-refractivity contribution < 1.29 is 26.8 Å². The Morgan fingerprint density at radius 2 is 1.68 bits per heavy atom. The van der Waals surface area contributed by atoms with Crippen molar-refractivity contribution in [1.29, 1.82) is 0 Å². The zero-order valence-electron chi connectivity index (χ0n) is 22.6. The summed E-state index contributed by atoms with van der Waals surface area (Å²) in [5.74, 6) is -3.62. The molecule has 1 atom stereocenters. The lowest BCUT2D eigenvalue weighted by Crippen LogP contribution is -2.53. The molecule has 0 bridgehead atoms. The molecular formula is C29H31Cl2F2N3O4S. The Morgan fingerprint density at radius 1 is 0.976 bits per heavy atom. The topological polar surface area (TPSA) is 86.8 Å². The van der Waals surface area contributed by atoms with Crippen molar-refractivity contribution in [2.75, 3.05) is 23.7 Å². The minimum atomic E-state index is -4.13. The molecule has 12 heteroatoms. The number of rotatable bonds is 13. The van der Waals surface area contributed by atoms with E-state index in [1.54, 1.807) is 24.3 Å². The molecule has 0 heterocycles. The van der Waals surface area contributed by atoms with E-state index in [1.807, 2.05) is 25.1 Å². The predicted octanol–water partition coefficient (Wildman–Crippen LogP) is 5.59. The van der Waals surface area contributed by atoms with Crippen LogP contribution in [0.5, 0.6) is 0 Å². The third-order valence-corrected chi connectivity index (χ3v) is 8.05. The highest BCUT2D eigenvalue weighted by Crippen LogP contribution is 2.26. The van der Waals surface area contributed by atoms with Gasteiger partial charge in [-0.3, -0.25) is 13.9 Å². The van der Waals surface area contributed by atoms with Crippen molar-refractivity contribution in [3.63, 3.8) is 0 Å². The second kappa shape index (κ2) is 14.6. The van der Waals surface area contributed by atoms with Crippen molar-refractivity contribution in [1.82, 2.24) is 10.2 Å². The van der Waals surface area contributed by atoms with Gasteiger partial charge in [0, 0.05) is 35.6 Å². The molecular weight excluding hydrogens is 595 g/mol. The smallest absolute Gasteiger partial charge is 0.244 e. The molecule has 3 aromatic rings. The van der Waals surface area contributed by atoms with E-state index in [1.165, 1.54) is 11.0 Å². The summed E-state index contributed by atoms with van der Waals surface area (Å²) in [5, 5.41) is 3.49. The molecule has 0 aliphatic carbocycles. The first kappa shape index (κ1) is 32.3. The third kappa shape index (κ3) is 9.14. The number of benzene rings is 3. The second-order valence-corrected chi connectivity index (χ2v) is 12.2. The van der Waals surface area contributed by atoms with Gasteiger partial charge < -0.3 is 10.2 Å². The Kier molecular flexibility index (Phi) is 11.5. The van der Waals surface area contributed by atoms with Crippen LogP contribution >= 0.6 is 23.2 Å². The first-order valence-corrected chi connectivity index (χ1v) is 15.5. The highest BCUT2D eigenvalue weighted by atomic mass is 35.5. The number of nitrogens with zero attached hydrogens (tertiary/aromatic N) is 2. The molecule has 0 fully saturated rings. The summed E-state index contributed by atoms with van der Waals surface area (Å²) in [5.41, 5.74) is 1.00. The molecule has 3 aromatic carbocycles. The number of unbranched alkanes of at least 4 members (excludes halogenated alkanes) is 1. The van der Waals surface area contributed by atoms with Gasteiger partial charge in [-0.2, -0.15) is 0 Å². The number of hydrogen-bond donors (Lipinski definition) is 1. The van der Waals surface area contributed by atoms with Crippen LogP contribution in [-0.2, 0) is 32.6 Å². The summed E-state index contributed by atoms with van der Waals surface area (Å²) >= 11 is 12.5. The molecule has 1 N–H and O–H groups in total. The zero-order chi connectivity index (χ0) is 30.2. The van der Waals surface area contributed by atoms with E-state index in [4.69, 9.17) is 23.2 Å². The number of carbonyl (C=O) groups is 2. The fraction of sp³-hybridized carbons (Fsp3) is 0.310. The summed E-state index contributed by atoms with van der Waals surface area (Å²) in [4.78, 5) is 28.8. The number of nitrogens with one attached hydrogen (secondary N) is 1. The second-order valence-electron chi connectivity index (χ2n) is 9.48. The summed E-state index contributed by atoms with van der Waals surface area (Å²) in [6, 6.07) is 15.2. The lowest BCUT2D eigenvalue weighted by Gasteiger charge is -2.33. The van der Waals surface area contributed by atoms with Crippen LogP contribution < -0.4 is 9.62 Å². The number of halogens is 4. The van der Waals surface area contributed by atoms with Crippen LogP contribution in [0.2, 0.25) is 10.0 Å². The fourth-order valence-corrected chi connectivity index (χ4v) is 5.46. The average Bonchev–Trinajstić information content (AvgIpc) is 2.92. The van der Waals surface area contributed by atoms with Crippen LogP contribution in [0.3, 0.4) is 0 Å². The van der Waals surface area contributed by atoms with Gasteiger partial charge in [-0.15, -0.1) is 0 Å². The van der Waals surface area contributed by atoms with Gasteiger partial charge in [0.15, 0.2) is 11.6 Å². The molecule has 1 unspecified atom stereocenters. The normalized spacial score (nSPS) is 12.0. The SMILES string of the molecule is CCCCNC(=O)C(Cc1ccccc1)N(Cc1ccc(Cl)cc1Cl)C(=O)CN(c1ccc(F)c(F)c1)S(C)(=O)=O. The van der Waals surface area contributed by atoms with Crippen LogP contribution in [0.1, 0.15) is 30.9 Å². The van der Waals surface area contributed by atoms with Gasteiger partial charge in [0.25, 0.3) is 0 Å². The van der Waals surface area contributed by atoms with E-state index in [9.17, 15) is 26.8 Å². The van der Waals surface area contributed by atoms with Crippen LogP contribution in [0.15, 0.2) is 66.7 Å². The first-order chi connectivity index (χ1) is 19.4. The zero-order valence-corrected chi connectivity index (χ0v) is 24.9. The molecule has 0 saturated heterocycles. The van der Waals surface area contributed by atoms with Crippen molar-refractivity contribution in [3.05, 3.63) is 99.5 Å². The maximum absolute atomic E-state index is 14.0. The van der Waals surface area contributed by atoms with E-state index in [0.29, 0.717) is 27.5 Å². The van der Waals surface area contributed by atoms with Crippen molar-refractivity contribution in [2.24, 2.45) is 0 Å². The number of carbonyl (C=O) groups excluding carboxylic acids is 2. The van der Waals surface area contributed by atoms with Gasteiger partial charge >= 0.3 is 0 Å². The molecule has 0 saturated carbocycles. The Balaban J connectivity index is 2.07. The molecule has 0 spiro atoms. The molecule has 7 nitrogen and oxygen atoms in total. The summed E-state index contributed by atoms with van der Waals surface area (Å²) < 4.78 is 53.8. The van der Waals surface area contributed by atoms with Crippen molar-refractivity contribution >= 4 is 50.7 Å². The van der Waals surface area contributed by atoms with Crippen LogP contribution in [0.4, 0.5) is 14.5 Å². The largest absolute Gasteiger partial charge is 0.354 e. The quantitative estimate of drug-likeness (QED) is 0.251. The predicted molar refractivity (Wildman–Crippen MR) is 157 cm³/mol. The number of sulfonamides is 1. The molecule has 0 aromatic heterocycles. The molecule has 3 rings (SSSR count). The Morgan fingerprint density at radius 3 is 2.29 bits per heavy atom. The first-order valence-electron chi connectivity index (χ1n) is 12.9. The summed E-state index contributed by atoms with van der Waals surface area (Å²) in [6.45, 7) is 1.43.